The predicted molar refractivity (Wildman–Crippen MR) is 74.4 cm³/mol. The van der Waals surface area contributed by atoms with Gasteiger partial charge in [-0.05, 0) is 42.9 Å². The van der Waals surface area contributed by atoms with Crippen LogP contribution in [0.5, 0.6) is 0 Å². The Labute approximate surface area is 104 Å². The highest BCUT2D eigenvalue weighted by molar-refractivity contribution is 5.83. The standard InChI is InChI=1S/C15H22N2/c1-12(2)11-17-10-8-14-6-4-5-13(15(14)17)7-9-16-3/h4-6,8,10,12,16H,7,9,11H2,1-3H3. The molecule has 0 amide bonds. The highest BCUT2D eigenvalue weighted by Gasteiger charge is 2.07. The van der Waals surface area contributed by atoms with Gasteiger partial charge in [0.2, 0.25) is 0 Å². The molecule has 1 heterocycles. The third kappa shape index (κ3) is 2.70. The predicted octanol–water partition coefficient (Wildman–Crippen LogP) is 3.06. The van der Waals surface area contributed by atoms with Crippen molar-refractivity contribution in [2.75, 3.05) is 13.6 Å². The summed E-state index contributed by atoms with van der Waals surface area (Å²) < 4.78 is 2.39. The van der Waals surface area contributed by atoms with Gasteiger partial charge in [0.15, 0.2) is 0 Å². The lowest BCUT2D eigenvalue weighted by Gasteiger charge is -2.12. The Balaban J connectivity index is 2.40. The quantitative estimate of drug-likeness (QED) is 0.835. The van der Waals surface area contributed by atoms with Crippen molar-refractivity contribution in [3.05, 3.63) is 36.0 Å². The van der Waals surface area contributed by atoms with Crippen LogP contribution in [-0.2, 0) is 13.0 Å². The van der Waals surface area contributed by atoms with Crippen LogP contribution in [0.3, 0.4) is 0 Å². The zero-order valence-electron chi connectivity index (χ0n) is 11.0. The number of para-hydroxylation sites is 1. The van der Waals surface area contributed by atoms with Crippen LogP contribution in [-0.4, -0.2) is 18.2 Å². The molecule has 0 aliphatic rings. The van der Waals surface area contributed by atoms with Crippen LogP contribution in [0, 0.1) is 5.92 Å². The SMILES string of the molecule is CNCCc1cccc2ccn(CC(C)C)c12. The summed E-state index contributed by atoms with van der Waals surface area (Å²) in [6.07, 6.45) is 3.31. The lowest BCUT2D eigenvalue weighted by atomic mass is 10.1. The Bertz CT molecular complexity index is 483. The molecular weight excluding hydrogens is 208 g/mol. The van der Waals surface area contributed by atoms with Crippen LogP contribution in [0.25, 0.3) is 10.9 Å². The molecule has 2 aromatic rings. The minimum Gasteiger partial charge on any atom is -0.347 e. The summed E-state index contributed by atoms with van der Waals surface area (Å²) in [7, 11) is 2.01. The summed E-state index contributed by atoms with van der Waals surface area (Å²) in [6, 6.07) is 8.83. The third-order valence-corrected chi connectivity index (χ3v) is 3.08. The average molecular weight is 230 g/mol. The van der Waals surface area contributed by atoms with E-state index in [2.05, 4.69) is 54.2 Å². The molecular formula is C15H22N2. The number of rotatable bonds is 5. The number of nitrogens with one attached hydrogen (secondary N) is 1. The summed E-state index contributed by atoms with van der Waals surface area (Å²) >= 11 is 0. The molecule has 1 N–H and O–H groups in total. The van der Waals surface area contributed by atoms with E-state index >= 15 is 0 Å². The molecule has 2 heteroatoms. The van der Waals surface area contributed by atoms with Crippen molar-refractivity contribution in [2.45, 2.75) is 26.8 Å². The molecule has 0 unspecified atom stereocenters. The summed E-state index contributed by atoms with van der Waals surface area (Å²) in [6.45, 7) is 6.66. The molecule has 17 heavy (non-hydrogen) atoms. The van der Waals surface area contributed by atoms with Crippen molar-refractivity contribution in [3.8, 4) is 0 Å². The topological polar surface area (TPSA) is 17.0 Å². The maximum Gasteiger partial charge on any atom is 0.0513 e. The molecule has 0 bridgehead atoms. The Morgan fingerprint density at radius 3 is 2.76 bits per heavy atom. The molecule has 1 aromatic carbocycles. The normalized spacial score (nSPS) is 11.5. The summed E-state index contributed by atoms with van der Waals surface area (Å²) in [5.74, 6) is 0.683. The van der Waals surface area contributed by atoms with Crippen LogP contribution in [0.2, 0.25) is 0 Å². The first kappa shape index (κ1) is 12.2. The van der Waals surface area contributed by atoms with Gasteiger partial charge >= 0.3 is 0 Å². The number of aromatic nitrogens is 1. The molecule has 2 nitrogen and oxygen atoms in total. The van der Waals surface area contributed by atoms with Crippen LogP contribution in [0.1, 0.15) is 19.4 Å². The second-order valence-electron chi connectivity index (χ2n) is 5.07. The fourth-order valence-electron chi connectivity index (χ4n) is 2.35. The lowest BCUT2D eigenvalue weighted by Crippen LogP contribution is -2.11. The van der Waals surface area contributed by atoms with Gasteiger partial charge in [-0.15, -0.1) is 0 Å². The molecule has 0 radical (unpaired) electrons. The van der Waals surface area contributed by atoms with E-state index < -0.39 is 0 Å². The van der Waals surface area contributed by atoms with Gasteiger partial charge in [-0.2, -0.15) is 0 Å². The number of benzene rings is 1. The van der Waals surface area contributed by atoms with E-state index in [0.29, 0.717) is 5.92 Å². The molecule has 0 saturated carbocycles. The van der Waals surface area contributed by atoms with Crippen molar-refractivity contribution in [1.29, 1.82) is 0 Å². The first-order chi connectivity index (χ1) is 8.22. The second kappa shape index (κ2) is 5.37. The van der Waals surface area contributed by atoms with Crippen molar-refractivity contribution < 1.29 is 0 Å². The van der Waals surface area contributed by atoms with E-state index in [1.807, 2.05) is 7.05 Å². The van der Waals surface area contributed by atoms with Crippen molar-refractivity contribution in [1.82, 2.24) is 9.88 Å². The summed E-state index contributed by atoms with van der Waals surface area (Å²) in [5, 5.41) is 4.58. The first-order valence-electron chi connectivity index (χ1n) is 6.43. The third-order valence-electron chi connectivity index (χ3n) is 3.08. The Morgan fingerprint density at radius 1 is 1.24 bits per heavy atom. The van der Waals surface area contributed by atoms with Crippen molar-refractivity contribution in [3.63, 3.8) is 0 Å². The molecule has 92 valence electrons. The Morgan fingerprint density at radius 2 is 2.06 bits per heavy atom. The smallest absolute Gasteiger partial charge is 0.0513 e. The lowest BCUT2D eigenvalue weighted by molar-refractivity contribution is 0.534. The van der Waals surface area contributed by atoms with Gasteiger partial charge in [-0.25, -0.2) is 0 Å². The zero-order chi connectivity index (χ0) is 12.3. The van der Waals surface area contributed by atoms with Gasteiger partial charge in [0.25, 0.3) is 0 Å². The molecule has 1 aromatic heterocycles. The van der Waals surface area contributed by atoms with E-state index in [0.717, 1.165) is 19.5 Å². The number of fused-ring (bicyclic) bond motifs is 1. The summed E-state index contributed by atoms with van der Waals surface area (Å²) in [5.41, 5.74) is 2.86. The van der Waals surface area contributed by atoms with E-state index in [4.69, 9.17) is 0 Å². The first-order valence-corrected chi connectivity index (χ1v) is 6.43. The fourth-order valence-corrected chi connectivity index (χ4v) is 2.35. The summed E-state index contributed by atoms with van der Waals surface area (Å²) in [4.78, 5) is 0. The van der Waals surface area contributed by atoms with Crippen LogP contribution < -0.4 is 5.32 Å². The highest BCUT2D eigenvalue weighted by Crippen LogP contribution is 2.21. The maximum absolute atomic E-state index is 3.22. The van der Waals surface area contributed by atoms with Gasteiger partial charge < -0.3 is 9.88 Å². The highest BCUT2D eigenvalue weighted by atomic mass is 15.0. The molecule has 0 spiro atoms. The zero-order valence-corrected chi connectivity index (χ0v) is 11.0. The maximum atomic E-state index is 3.22. The monoisotopic (exact) mass is 230 g/mol. The minimum atomic E-state index is 0.683. The molecule has 0 fully saturated rings. The van der Waals surface area contributed by atoms with Crippen LogP contribution in [0.4, 0.5) is 0 Å². The Kier molecular flexibility index (Phi) is 3.85. The number of likely N-dealkylation sites (N-methyl/N-ethyl adjacent to an activating group) is 1. The number of hydrogen-bond donors (Lipinski definition) is 1. The van der Waals surface area contributed by atoms with Crippen molar-refractivity contribution in [2.24, 2.45) is 5.92 Å². The van der Waals surface area contributed by atoms with Gasteiger partial charge in [0, 0.05) is 12.7 Å². The molecule has 2 rings (SSSR count). The average Bonchev–Trinajstić information content (AvgIpc) is 2.70. The van der Waals surface area contributed by atoms with Gasteiger partial charge in [0.1, 0.15) is 0 Å². The van der Waals surface area contributed by atoms with E-state index in [1.54, 1.807) is 0 Å². The molecule has 0 aliphatic heterocycles. The van der Waals surface area contributed by atoms with Crippen LogP contribution >= 0.6 is 0 Å². The minimum absolute atomic E-state index is 0.683. The largest absolute Gasteiger partial charge is 0.347 e. The van der Waals surface area contributed by atoms with E-state index in [9.17, 15) is 0 Å². The molecule has 0 atom stereocenters. The van der Waals surface area contributed by atoms with Gasteiger partial charge in [-0.1, -0.05) is 32.0 Å². The van der Waals surface area contributed by atoms with E-state index in [1.165, 1.54) is 16.5 Å². The van der Waals surface area contributed by atoms with Gasteiger partial charge in [0.05, 0.1) is 5.52 Å². The molecule has 0 saturated heterocycles. The number of nitrogens with zero attached hydrogens (tertiary/aromatic N) is 1. The fraction of sp³-hybridized carbons (Fsp3) is 0.467. The molecule has 0 aliphatic carbocycles. The second-order valence-corrected chi connectivity index (χ2v) is 5.07. The number of hydrogen-bond acceptors (Lipinski definition) is 1. The van der Waals surface area contributed by atoms with Gasteiger partial charge in [-0.3, -0.25) is 0 Å². The van der Waals surface area contributed by atoms with Crippen LogP contribution in [0.15, 0.2) is 30.5 Å². The van der Waals surface area contributed by atoms with Crippen molar-refractivity contribution >= 4 is 10.9 Å². The Hall–Kier alpha value is -1.28. The van der Waals surface area contributed by atoms with E-state index in [-0.39, 0.29) is 0 Å².